The standard InChI is InChI=1S/C11H14FN3O/c12-9-3-8(4-13-6-9)5-14-10-1-2-11(16)15-7-10/h3-4,6,10,14H,1-2,5,7H2,(H,15,16). The van der Waals surface area contributed by atoms with Gasteiger partial charge in [0.25, 0.3) is 0 Å². The summed E-state index contributed by atoms with van der Waals surface area (Å²) in [6, 6.07) is 1.72. The number of amides is 1. The molecule has 1 aromatic rings. The Morgan fingerprint density at radius 3 is 3.12 bits per heavy atom. The van der Waals surface area contributed by atoms with Crippen molar-refractivity contribution in [1.82, 2.24) is 15.6 Å². The van der Waals surface area contributed by atoms with Crippen molar-refractivity contribution < 1.29 is 9.18 Å². The minimum Gasteiger partial charge on any atom is -0.355 e. The van der Waals surface area contributed by atoms with Gasteiger partial charge in [0, 0.05) is 31.7 Å². The van der Waals surface area contributed by atoms with Gasteiger partial charge < -0.3 is 10.6 Å². The van der Waals surface area contributed by atoms with Crippen molar-refractivity contribution in [3.05, 3.63) is 29.8 Å². The molecule has 1 aromatic heterocycles. The van der Waals surface area contributed by atoms with Crippen LogP contribution in [0, 0.1) is 5.82 Å². The van der Waals surface area contributed by atoms with Crippen LogP contribution in [-0.2, 0) is 11.3 Å². The molecule has 1 unspecified atom stereocenters. The highest BCUT2D eigenvalue weighted by Crippen LogP contribution is 2.05. The highest BCUT2D eigenvalue weighted by Gasteiger charge is 2.16. The van der Waals surface area contributed by atoms with Gasteiger partial charge in [0.05, 0.1) is 6.20 Å². The number of piperidine rings is 1. The zero-order valence-corrected chi connectivity index (χ0v) is 8.87. The molecule has 1 saturated heterocycles. The number of nitrogens with zero attached hydrogens (tertiary/aromatic N) is 1. The van der Waals surface area contributed by atoms with Crippen LogP contribution < -0.4 is 10.6 Å². The minimum absolute atomic E-state index is 0.102. The first kappa shape index (κ1) is 11.0. The van der Waals surface area contributed by atoms with E-state index < -0.39 is 0 Å². The van der Waals surface area contributed by atoms with E-state index in [-0.39, 0.29) is 17.8 Å². The Hall–Kier alpha value is -1.49. The molecule has 0 saturated carbocycles. The maximum atomic E-state index is 12.8. The summed E-state index contributed by atoms with van der Waals surface area (Å²) < 4.78 is 12.8. The molecule has 2 rings (SSSR count). The predicted octanol–water partition coefficient (Wildman–Crippen LogP) is 0.589. The monoisotopic (exact) mass is 223 g/mol. The van der Waals surface area contributed by atoms with E-state index in [1.165, 1.54) is 12.3 Å². The van der Waals surface area contributed by atoms with Crippen LogP contribution in [0.25, 0.3) is 0 Å². The lowest BCUT2D eigenvalue weighted by Gasteiger charge is -2.23. The number of carbonyl (C=O) groups excluding carboxylic acids is 1. The second-order valence-corrected chi connectivity index (χ2v) is 3.93. The van der Waals surface area contributed by atoms with Gasteiger partial charge in [0.15, 0.2) is 0 Å². The smallest absolute Gasteiger partial charge is 0.220 e. The van der Waals surface area contributed by atoms with Gasteiger partial charge in [-0.25, -0.2) is 4.39 Å². The molecule has 0 spiro atoms. The third-order valence-electron chi connectivity index (χ3n) is 2.62. The summed E-state index contributed by atoms with van der Waals surface area (Å²) in [6.45, 7) is 1.22. The highest BCUT2D eigenvalue weighted by molar-refractivity contribution is 5.76. The number of rotatable bonds is 3. The summed E-state index contributed by atoms with van der Waals surface area (Å²) in [7, 11) is 0. The molecule has 0 aromatic carbocycles. The number of nitrogens with one attached hydrogen (secondary N) is 2. The third kappa shape index (κ3) is 3.00. The zero-order chi connectivity index (χ0) is 11.4. The molecule has 1 fully saturated rings. The Kier molecular flexibility index (Phi) is 3.46. The fourth-order valence-corrected chi connectivity index (χ4v) is 1.72. The Morgan fingerprint density at radius 1 is 1.56 bits per heavy atom. The normalized spacial score (nSPS) is 20.6. The van der Waals surface area contributed by atoms with E-state index in [4.69, 9.17) is 0 Å². The van der Waals surface area contributed by atoms with E-state index in [9.17, 15) is 9.18 Å². The van der Waals surface area contributed by atoms with Gasteiger partial charge in [0.2, 0.25) is 5.91 Å². The Balaban J connectivity index is 1.81. The van der Waals surface area contributed by atoms with E-state index in [1.54, 1.807) is 6.20 Å². The van der Waals surface area contributed by atoms with Crippen molar-refractivity contribution in [3.63, 3.8) is 0 Å². The molecule has 1 amide bonds. The molecule has 1 aliphatic heterocycles. The fraction of sp³-hybridized carbons (Fsp3) is 0.455. The maximum Gasteiger partial charge on any atom is 0.220 e. The molecular formula is C11H14FN3O. The van der Waals surface area contributed by atoms with E-state index in [0.29, 0.717) is 19.5 Å². The summed E-state index contributed by atoms with van der Waals surface area (Å²) in [6.07, 6.45) is 4.20. The zero-order valence-electron chi connectivity index (χ0n) is 8.87. The van der Waals surface area contributed by atoms with Crippen LogP contribution in [0.15, 0.2) is 18.5 Å². The SMILES string of the molecule is O=C1CCC(NCc2cncc(F)c2)CN1. The van der Waals surface area contributed by atoms with Crippen LogP contribution in [0.5, 0.6) is 0 Å². The molecular weight excluding hydrogens is 209 g/mol. The molecule has 1 atom stereocenters. The van der Waals surface area contributed by atoms with Gasteiger partial charge in [-0.15, -0.1) is 0 Å². The number of pyridine rings is 1. The van der Waals surface area contributed by atoms with Crippen LogP contribution in [0.3, 0.4) is 0 Å². The Labute approximate surface area is 93.3 Å². The molecule has 16 heavy (non-hydrogen) atoms. The van der Waals surface area contributed by atoms with Crippen molar-refractivity contribution in [1.29, 1.82) is 0 Å². The van der Waals surface area contributed by atoms with Crippen LogP contribution in [0.2, 0.25) is 0 Å². The molecule has 1 aliphatic rings. The fourth-order valence-electron chi connectivity index (χ4n) is 1.72. The van der Waals surface area contributed by atoms with E-state index in [1.807, 2.05) is 0 Å². The summed E-state index contributed by atoms with van der Waals surface area (Å²) in [5.74, 6) is -0.221. The van der Waals surface area contributed by atoms with Gasteiger partial charge >= 0.3 is 0 Å². The lowest BCUT2D eigenvalue weighted by molar-refractivity contribution is -0.122. The van der Waals surface area contributed by atoms with Crippen LogP contribution in [0.4, 0.5) is 4.39 Å². The van der Waals surface area contributed by atoms with Gasteiger partial charge in [-0.3, -0.25) is 9.78 Å². The van der Waals surface area contributed by atoms with Crippen LogP contribution in [0.1, 0.15) is 18.4 Å². The number of hydrogen-bond acceptors (Lipinski definition) is 3. The van der Waals surface area contributed by atoms with E-state index >= 15 is 0 Å². The molecule has 4 nitrogen and oxygen atoms in total. The van der Waals surface area contributed by atoms with Gasteiger partial charge in [0.1, 0.15) is 5.82 Å². The second kappa shape index (κ2) is 5.03. The van der Waals surface area contributed by atoms with Crippen molar-refractivity contribution in [2.45, 2.75) is 25.4 Å². The first-order valence-electron chi connectivity index (χ1n) is 5.33. The minimum atomic E-state index is -0.323. The van der Waals surface area contributed by atoms with Gasteiger partial charge in [-0.1, -0.05) is 0 Å². The van der Waals surface area contributed by atoms with Crippen molar-refractivity contribution in [2.24, 2.45) is 0 Å². The molecule has 2 heterocycles. The Morgan fingerprint density at radius 2 is 2.44 bits per heavy atom. The first-order chi connectivity index (χ1) is 7.74. The Bertz CT molecular complexity index is 373. The first-order valence-corrected chi connectivity index (χ1v) is 5.33. The molecule has 0 aliphatic carbocycles. The maximum absolute atomic E-state index is 12.8. The van der Waals surface area contributed by atoms with Crippen molar-refractivity contribution in [3.8, 4) is 0 Å². The lowest BCUT2D eigenvalue weighted by atomic mass is 10.1. The lowest BCUT2D eigenvalue weighted by Crippen LogP contribution is -2.45. The van der Waals surface area contributed by atoms with E-state index in [0.717, 1.165) is 12.0 Å². The summed E-state index contributed by atoms with van der Waals surface area (Å²) >= 11 is 0. The summed E-state index contributed by atoms with van der Waals surface area (Å²) in [5, 5.41) is 6.05. The third-order valence-corrected chi connectivity index (χ3v) is 2.62. The number of aromatic nitrogens is 1. The molecule has 2 N–H and O–H groups in total. The van der Waals surface area contributed by atoms with E-state index in [2.05, 4.69) is 15.6 Å². The molecule has 5 heteroatoms. The van der Waals surface area contributed by atoms with Crippen molar-refractivity contribution >= 4 is 5.91 Å². The topological polar surface area (TPSA) is 54.0 Å². The largest absolute Gasteiger partial charge is 0.355 e. The average molecular weight is 223 g/mol. The quantitative estimate of drug-likeness (QED) is 0.788. The molecule has 86 valence electrons. The number of halogens is 1. The van der Waals surface area contributed by atoms with Gasteiger partial charge in [-0.2, -0.15) is 0 Å². The van der Waals surface area contributed by atoms with Crippen LogP contribution >= 0.6 is 0 Å². The summed E-state index contributed by atoms with van der Waals surface area (Å²) in [5.41, 5.74) is 0.817. The summed E-state index contributed by atoms with van der Waals surface area (Å²) in [4.78, 5) is 14.7. The highest BCUT2D eigenvalue weighted by atomic mass is 19.1. The van der Waals surface area contributed by atoms with Crippen LogP contribution in [-0.4, -0.2) is 23.5 Å². The molecule has 0 radical (unpaired) electrons. The second-order valence-electron chi connectivity index (χ2n) is 3.93. The van der Waals surface area contributed by atoms with Crippen molar-refractivity contribution in [2.75, 3.05) is 6.54 Å². The van der Waals surface area contributed by atoms with Gasteiger partial charge in [-0.05, 0) is 18.1 Å². The number of hydrogen-bond donors (Lipinski definition) is 2. The molecule has 0 bridgehead atoms. The number of carbonyl (C=O) groups is 1. The predicted molar refractivity (Wildman–Crippen MR) is 57.1 cm³/mol. The average Bonchev–Trinajstić information content (AvgIpc) is 2.28.